The molecule has 0 radical (unpaired) electrons. The van der Waals surface area contributed by atoms with E-state index in [4.69, 9.17) is 5.26 Å². The summed E-state index contributed by atoms with van der Waals surface area (Å²) in [4.78, 5) is 17.6. The number of hydrogen-bond acceptors (Lipinski definition) is 4. The number of aromatic amines is 1. The second-order valence-corrected chi connectivity index (χ2v) is 3.44. The van der Waals surface area contributed by atoms with Gasteiger partial charge in [0.05, 0.1) is 12.5 Å². The lowest BCUT2D eigenvalue weighted by Crippen LogP contribution is -2.08. The number of nitrogens with one attached hydrogen (secondary N) is 2. The zero-order chi connectivity index (χ0) is 12.1. The number of aromatic nitrogens is 2. The third-order valence-electron chi connectivity index (χ3n) is 2.17. The first kappa shape index (κ1) is 10.9. The summed E-state index contributed by atoms with van der Waals surface area (Å²) < 4.78 is 0. The lowest BCUT2D eigenvalue weighted by Gasteiger charge is -2.04. The van der Waals surface area contributed by atoms with Crippen LogP contribution in [0, 0.1) is 11.3 Å². The van der Waals surface area contributed by atoms with Gasteiger partial charge in [-0.1, -0.05) is 12.1 Å². The van der Waals surface area contributed by atoms with Crippen molar-refractivity contribution in [3.8, 4) is 6.07 Å². The molecule has 0 bridgehead atoms. The van der Waals surface area contributed by atoms with E-state index in [9.17, 15) is 4.79 Å². The van der Waals surface area contributed by atoms with Crippen LogP contribution < -0.4 is 10.9 Å². The average molecular weight is 226 g/mol. The van der Waals surface area contributed by atoms with Crippen molar-refractivity contribution in [2.45, 2.75) is 6.42 Å². The van der Waals surface area contributed by atoms with Crippen LogP contribution in [0.15, 0.2) is 41.3 Å². The van der Waals surface area contributed by atoms with Crippen LogP contribution in [-0.4, -0.2) is 9.97 Å². The van der Waals surface area contributed by atoms with E-state index in [0.29, 0.717) is 12.4 Å². The van der Waals surface area contributed by atoms with Crippen molar-refractivity contribution in [3.05, 3.63) is 52.4 Å². The second kappa shape index (κ2) is 4.94. The molecule has 1 aromatic heterocycles. The minimum Gasteiger partial charge on any atom is -0.326 e. The molecule has 2 rings (SSSR count). The molecule has 17 heavy (non-hydrogen) atoms. The number of H-pyrrole nitrogens is 1. The van der Waals surface area contributed by atoms with Crippen LogP contribution in [0.5, 0.6) is 0 Å². The van der Waals surface area contributed by atoms with Crippen molar-refractivity contribution < 1.29 is 0 Å². The molecule has 0 saturated carbocycles. The molecule has 84 valence electrons. The van der Waals surface area contributed by atoms with Gasteiger partial charge in [-0.15, -0.1) is 0 Å². The lowest BCUT2D eigenvalue weighted by molar-refractivity contribution is 1.12. The number of rotatable bonds is 3. The van der Waals surface area contributed by atoms with Crippen LogP contribution in [-0.2, 0) is 6.42 Å². The highest BCUT2D eigenvalue weighted by Crippen LogP contribution is 2.12. The molecule has 0 spiro atoms. The van der Waals surface area contributed by atoms with E-state index in [1.807, 2.05) is 24.3 Å². The topological polar surface area (TPSA) is 81.6 Å². The smallest absolute Gasteiger partial charge is 0.252 e. The standard InChI is InChI=1S/C12H10N4O/c13-7-5-9-1-3-10(4-2-9)15-12-14-8-6-11(17)16-12/h1-4,6,8H,5H2,(H2,14,15,16,17). The largest absolute Gasteiger partial charge is 0.326 e. The second-order valence-electron chi connectivity index (χ2n) is 3.44. The number of anilines is 2. The Hall–Kier alpha value is -2.61. The van der Waals surface area contributed by atoms with Crippen LogP contribution >= 0.6 is 0 Å². The van der Waals surface area contributed by atoms with Crippen LogP contribution in [0.25, 0.3) is 0 Å². The summed E-state index contributed by atoms with van der Waals surface area (Å²) in [5.74, 6) is 0.394. The molecule has 0 atom stereocenters. The van der Waals surface area contributed by atoms with Crippen molar-refractivity contribution in [1.82, 2.24) is 9.97 Å². The fourth-order valence-corrected chi connectivity index (χ4v) is 1.37. The number of nitrogens with zero attached hydrogens (tertiary/aromatic N) is 2. The van der Waals surface area contributed by atoms with Gasteiger partial charge in [-0.3, -0.25) is 9.78 Å². The maximum Gasteiger partial charge on any atom is 0.252 e. The molecule has 0 aliphatic heterocycles. The van der Waals surface area contributed by atoms with E-state index in [1.54, 1.807) is 0 Å². The van der Waals surface area contributed by atoms with Crippen molar-refractivity contribution in [2.24, 2.45) is 0 Å². The van der Waals surface area contributed by atoms with Gasteiger partial charge in [-0.05, 0) is 17.7 Å². The van der Waals surface area contributed by atoms with E-state index in [2.05, 4.69) is 21.4 Å². The minimum atomic E-state index is -0.205. The summed E-state index contributed by atoms with van der Waals surface area (Å²) in [7, 11) is 0. The maximum atomic E-state index is 11.0. The van der Waals surface area contributed by atoms with Crippen molar-refractivity contribution >= 4 is 11.6 Å². The van der Waals surface area contributed by atoms with Crippen molar-refractivity contribution in [2.75, 3.05) is 5.32 Å². The van der Waals surface area contributed by atoms with Gasteiger partial charge in [0.15, 0.2) is 0 Å². The molecule has 0 aliphatic rings. The van der Waals surface area contributed by atoms with Gasteiger partial charge in [-0.25, -0.2) is 4.98 Å². The maximum absolute atomic E-state index is 11.0. The van der Waals surface area contributed by atoms with Gasteiger partial charge < -0.3 is 5.32 Å². The highest BCUT2D eigenvalue weighted by atomic mass is 16.1. The first-order valence-corrected chi connectivity index (χ1v) is 5.06. The Bertz CT molecular complexity index is 595. The van der Waals surface area contributed by atoms with Gasteiger partial charge in [0.25, 0.3) is 5.56 Å². The summed E-state index contributed by atoms with van der Waals surface area (Å²) in [5.41, 5.74) is 1.55. The fourth-order valence-electron chi connectivity index (χ4n) is 1.37. The van der Waals surface area contributed by atoms with E-state index in [-0.39, 0.29) is 5.56 Å². The zero-order valence-electron chi connectivity index (χ0n) is 8.97. The third kappa shape index (κ3) is 2.92. The quantitative estimate of drug-likeness (QED) is 0.832. The highest BCUT2D eigenvalue weighted by molar-refractivity contribution is 5.53. The molecular weight excluding hydrogens is 216 g/mol. The first-order valence-electron chi connectivity index (χ1n) is 5.06. The summed E-state index contributed by atoms with van der Waals surface area (Å²) >= 11 is 0. The highest BCUT2D eigenvalue weighted by Gasteiger charge is 1.97. The molecule has 0 saturated heterocycles. The predicted molar refractivity (Wildman–Crippen MR) is 63.9 cm³/mol. The molecule has 0 unspecified atom stereocenters. The van der Waals surface area contributed by atoms with Crippen LogP contribution in [0.1, 0.15) is 5.56 Å². The van der Waals surface area contributed by atoms with Crippen LogP contribution in [0.2, 0.25) is 0 Å². The van der Waals surface area contributed by atoms with E-state index in [0.717, 1.165) is 11.3 Å². The summed E-state index contributed by atoms with van der Waals surface area (Å²) in [5, 5.41) is 11.5. The first-order chi connectivity index (χ1) is 8.28. The van der Waals surface area contributed by atoms with Crippen LogP contribution in [0.3, 0.4) is 0 Å². The van der Waals surface area contributed by atoms with Gasteiger partial charge in [-0.2, -0.15) is 5.26 Å². The van der Waals surface area contributed by atoms with Crippen molar-refractivity contribution in [1.29, 1.82) is 5.26 Å². The molecule has 0 amide bonds. The molecule has 0 aliphatic carbocycles. The molecule has 1 heterocycles. The molecule has 5 heteroatoms. The van der Waals surface area contributed by atoms with Crippen LogP contribution in [0.4, 0.5) is 11.6 Å². The summed E-state index contributed by atoms with van der Waals surface area (Å²) in [6.45, 7) is 0. The minimum absolute atomic E-state index is 0.205. The van der Waals surface area contributed by atoms with Gasteiger partial charge >= 0.3 is 0 Å². The van der Waals surface area contributed by atoms with E-state index >= 15 is 0 Å². The Kier molecular flexibility index (Phi) is 3.17. The monoisotopic (exact) mass is 226 g/mol. The van der Waals surface area contributed by atoms with E-state index < -0.39 is 0 Å². The Morgan fingerprint density at radius 2 is 2.06 bits per heavy atom. The lowest BCUT2D eigenvalue weighted by atomic mass is 10.1. The average Bonchev–Trinajstić information content (AvgIpc) is 2.32. The third-order valence-corrected chi connectivity index (χ3v) is 2.17. The normalized spacial score (nSPS) is 9.59. The Morgan fingerprint density at radius 3 is 2.71 bits per heavy atom. The predicted octanol–water partition coefficient (Wildman–Crippen LogP) is 1.58. The van der Waals surface area contributed by atoms with Gasteiger partial charge in [0.2, 0.25) is 5.95 Å². The number of hydrogen-bond donors (Lipinski definition) is 2. The molecule has 2 N–H and O–H groups in total. The van der Waals surface area contributed by atoms with Gasteiger partial charge in [0.1, 0.15) is 0 Å². The molecule has 5 nitrogen and oxygen atoms in total. The zero-order valence-corrected chi connectivity index (χ0v) is 8.97. The van der Waals surface area contributed by atoms with E-state index in [1.165, 1.54) is 12.3 Å². The van der Waals surface area contributed by atoms with Gasteiger partial charge in [0, 0.05) is 18.0 Å². The van der Waals surface area contributed by atoms with Crippen molar-refractivity contribution in [3.63, 3.8) is 0 Å². The molecule has 2 aromatic rings. The Balaban J connectivity index is 2.14. The fraction of sp³-hybridized carbons (Fsp3) is 0.0833. The molecule has 0 fully saturated rings. The number of benzene rings is 1. The Morgan fingerprint density at radius 1 is 1.29 bits per heavy atom. The Labute approximate surface area is 97.8 Å². The number of nitriles is 1. The molecule has 1 aromatic carbocycles. The SMILES string of the molecule is N#CCc1ccc(Nc2nccc(=O)[nH]2)cc1. The summed E-state index contributed by atoms with van der Waals surface area (Å²) in [6, 6.07) is 10.8. The molecular formula is C12H10N4O. The summed E-state index contributed by atoms with van der Waals surface area (Å²) in [6.07, 6.45) is 1.83.